The molecular weight excluding hydrogens is 362 g/mol. The normalized spacial score (nSPS) is 16.2. The third kappa shape index (κ3) is 3.88. The summed E-state index contributed by atoms with van der Waals surface area (Å²) < 4.78 is 8.62. The number of nitrogens with zero attached hydrogens (tertiary/aromatic N) is 3. The molecule has 0 N–H and O–H groups in total. The summed E-state index contributed by atoms with van der Waals surface area (Å²) in [6.07, 6.45) is 1.55. The van der Waals surface area contributed by atoms with Gasteiger partial charge in [0.15, 0.2) is 3.95 Å². The fourth-order valence-corrected chi connectivity index (χ4v) is 4.42. The van der Waals surface area contributed by atoms with E-state index in [1.165, 1.54) is 17.4 Å². The van der Waals surface area contributed by atoms with Crippen LogP contribution >= 0.6 is 23.6 Å². The minimum absolute atomic E-state index is 0.0222. The lowest BCUT2D eigenvalue weighted by Gasteiger charge is -2.31. The number of benzene rings is 1. The van der Waals surface area contributed by atoms with Crippen LogP contribution in [0.5, 0.6) is 0 Å². The molecule has 1 aromatic carbocycles. The molecule has 1 aromatic heterocycles. The number of esters is 1. The van der Waals surface area contributed by atoms with Crippen molar-refractivity contribution in [3.05, 3.63) is 32.3 Å². The topological polar surface area (TPSA) is 77.6 Å². The first-order valence-corrected chi connectivity index (χ1v) is 9.39. The lowest BCUT2D eigenvalue weighted by atomic mass is 9.97. The molecule has 0 bridgehead atoms. The van der Waals surface area contributed by atoms with Gasteiger partial charge in [0, 0.05) is 25.2 Å². The van der Waals surface area contributed by atoms with Crippen molar-refractivity contribution in [2.45, 2.75) is 26.4 Å². The number of hydrogen-bond acceptors (Lipinski definition) is 7. The molecule has 2 heterocycles. The van der Waals surface area contributed by atoms with E-state index >= 15 is 0 Å². The van der Waals surface area contributed by atoms with Gasteiger partial charge < -0.3 is 9.30 Å². The SMILES string of the molecule is CCOC(=O)C1CCN(Cn2c(=S)sc3cc([N+](=O)[O-])ccc32)CC1. The molecule has 0 spiro atoms. The number of non-ortho nitro benzene ring substituents is 1. The first-order chi connectivity index (χ1) is 12.0. The van der Waals surface area contributed by atoms with Gasteiger partial charge in [-0.3, -0.25) is 19.8 Å². The van der Waals surface area contributed by atoms with Gasteiger partial charge in [-0.25, -0.2) is 0 Å². The molecule has 7 nitrogen and oxygen atoms in total. The lowest BCUT2D eigenvalue weighted by molar-refractivity contribution is -0.384. The molecule has 134 valence electrons. The Labute approximate surface area is 154 Å². The summed E-state index contributed by atoms with van der Waals surface area (Å²) in [7, 11) is 0. The molecule has 9 heteroatoms. The Morgan fingerprint density at radius 2 is 2.16 bits per heavy atom. The van der Waals surface area contributed by atoms with E-state index in [4.69, 9.17) is 17.0 Å². The molecule has 0 radical (unpaired) electrons. The summed E-state index contributed by atoms with van der Waals surface area (Å²) in [5, 5.41) is 10.9. The molecule has 25 heavy (non-hydrogen) atoms. The summed E-state index contributed by atoms with van der Waals surface area (Å²) in [5.41, 5.74) is 0.985. The maximum absolute atomic E-state index is 11.8. The number of aromatic nitrogens is 1. The number of hydrogen-bond donors (Lipinski definition) is 0. The van der Waals surface area contributed by atoms with Gasteiger partial charge >= 0.3 is 5.97 Å². The summed E-state index contributed by atoms with van der Waals surface area (Å²) in [5.74, 6) is -0.127. The zero-order valence-electron chi connectivity index (χ0n) is 13.8. The van der Waals surface area contributed by atoms with Crippen molar-refractivity contribution in [2.75, 3.05) is 19.7 Å². The number of nitro groups is 1. The van der Waals surface area contributed by atoms with Crippen molar-refractivity contribution in [2.24, 2.45) is 5.92 Å². The first-order valence-electron chi connectivity index (χ1n) is 8.16. The molecule has 0 aliphatic carbocycles. The standard InChI is InChI=1S/C16H19N3O4S2/c1-2-23-15(20)11-5-7-17(8-6-11)10-18-13-4-3-12(19(21)22)9-14(13)25-16(18)24/h3-4,9,11H,2,5-8,10H2,1H3. The number of nitro benzene ring substituents is 1. The molecule has 1 fully saturated rings. The number of rotatable bonds is 5. The molecule has 0 saturated carbocycles. The van der Waals surface area contributed by atoms with Gasteiger partial charge in [0.2, 0.25) is 0 Å². The fourth-order valence-electron chi connectivity index (χ4n) is 3.07. The van der Waals surface area contributed by atoms with Crippen LogP contribution in [0.1, 0.15) is 19.8 Å². The molecular formula is C16H19N3O4S2. The maximum atomic E-state index is 11.8. The molecule has 0 unspecified atom stereocenters. The number of ether oxygens (including phenoxy) is 1. The Kier molecular flexibility index (Phi) is 5.45. The minimum Gasteiger partial charge on any atom is -0.466 e. The van der Waals surface area contributed by atoms with Crippen LogP contribution in [-0.4, -0.2) is 40.1 Å². The maximum Gasteiger partial charge on any atom is 0.309 e. The molecule has 1 aliphatic rings. The molecule has 1 saturated heterocycles. The van der Waals surface area contributed by atoms with Crippen LogP contribution < -0.4 is 0 Å². The predicted octanol–water partition coefficient (Wildman–Crippen LogP) is 3.57. The molecule has 2 aromatic rings. The van der Waals surface area contributed by atoms with Gasteiger partial charge in [0.1, 0.15) is 0 Å². The van der Waals surface area contributed by atoms with Gasteiger partial charge in [-0.15, -0.1) is 11.3 Å². The highest BCUT2D eigenvalue weighted by molar-refractivity contribution is 7.73. The average Bonchev–Trinajstić information content (AvgIpc) is 2.90. The minimum atomic E-state index is -0.396. The number of carbonyl (C=O) groups is 1. The van der Waals surface area contributed by atoms with Crippen molar-refractivity contribution < 1.29 is 14.5 Å². The van der Waals surface area contributed by atoms with E-state index < -0.39 is 4.92 Å². The van der Waals surface area contributed by atoms with Gasteiger partial charge in [0.05, 0.1) is 34.3 Å². The van der Waals surface area contributed by atoms with Crippen molar-refractivity contribution in [3.63, 3.8) is 0 Å². The van der Waals surface area contributed by atoms with Crippen LogP contribution in [0, 0.1) is 20.0 Å². The van der Waals surface area contributed by atoms with E-state index in [-0.39, 0.29) is 17.6 Å². The van der Waals surface area contributed by atoms with E-state index in [9.17, 15) is 14.9 Å². The average molecular weight is 381 g/mol. The van der Waals surface area contributed by atoms with Crippen molar-refractivity contribution in [3.8, 4) is 0 Å². The summed E-state index contributed by atoms with van der Waals surface area (Å²) >= 11 is 6.82. The Hall–Kier alpha value is -1.84. The van der Waals surface area contributed by atoms with Crippen LogP contribution in [-0.2, 0) is 16.2 Å². The second-order valence-corrected chi connectivity index (χ2v) is 7.67. The highest BCUT2D eigenvalue weighted by Gasteiger charge is 2.26. The third-order valence-corrected chi connectivity index (χ3v) is 5.82. The van der Waals surface area contributed by atoms with Crippen LogP contribution in [0.3, 0.4) is 0 Å². The smallest absolute Gasteiger partial charge is 0.309 e. The van der Waals surface area contributed by atoms with Crippen LogP contribution in [0.4, 0.5) is 5.69 Å². The zero-order valence-corrected chi connectivity index (χ0v) is 15.5. The van der Waals surface area contributed by atoms with Crippen LogP contribution in [0.2, 0.25) is 0 Å². The Morgan fingerprint density at radius 1 is 1.44 bits per heavy atom. The fraction of sp³-hybridized carbons (Fsp3) is 0.500. The molecule has 1 aliphatic heterocycles. The van der Waals surface area contributed by atoms with Gasteiger partial charge in [-0.2, -0.15) is 0 Å². The summed E-state index contributed by atoms with van der Waals surface area (Å²) in [6.45, 7) is 4.47. The number of piperidine rings is 1. The Bertz CT molecular complexity index is 853. The number of thiazole rings is 1. The van der Waals surface area contributed by atoms with E-state index in [1.54, 1.807) is 12.1 Å². The van der Waals surface area contributed by atoms with E-state index in [2.05, 4.69) is 4.90 Å². The number of carbonyl (C=O) groups excluding carboxylic acids is 1. The summed E-state index contributed by atoms with van der Waals surface area (Å²) in [4.78, 5) is 24.6. The Balaban J connectivity index is 1.72. The molecule has 0 atom stereocenters. The Morgan fingerprint density at radius 3 is 2.80 bits per heavy atom. The van der Waals surface area contributed by atoms with Gasteiger partial charge in [-0.1, -0.05) is 0 Å². The van der Waals surface area contributed by atoms with Gasteiger partial charge in [0.25, 0.3) is 5.69 Å². The van der Waals surface area contributed by atoms with Crippen molar-refractivity contribution >= 4 is 45.4 Å². The third-order valence-electron chi connectivity index (χ3n) is 4.41. The second kappa shape index (κ2) is 7.59. The van der Waals surface area contributed by atoms with Crippen molar-refractivity contribution in [1.82, 2.24) is 9.47 Å². The van der Waals surface area contributed by atoms with E-state index in [0.29, 0.717) is 17.2 Å². The largest absolute Gasteiger partial charge is 0.466 e. The van der Waals surface area contributed by atoms with E-state index in [1.807, 2.05) is 11.5 Å². The molecule has 0 amide bonds. The van der Waals surface area contributed by atoms with Crippen LogP contribution in [0.15, 0.2) is 18.2 Å². The second-order valence-electron chi connectivity index (χ2n) is 5.99. The monoisotopic (exact) mass is 381 g/mol. The lowest BCUT2D eigenvalue weighted by Crippen LogP contribution is -2.37. The first kappa shape index (κ1) is 18.0. The quantitative estimate of drug-likeness (QED) is 0.341. The zero-order chi connectivity index (χ0) is 18.0. The highest BCUT2D eigenvalue weighted by atomic mass is 32.1. The van der Waals surface area contributed by atoms with Crippen LogP contribution in [0.25, 0.3) is 10.2 Å². The number of likely N-dealkylation sites (tertiary alicyclic amines) is 1. The van der Waals surface area contributed by atoms with Crippen molar-refractivity contribution in [1.29, 1.82) is 0 Å². The predicted molar refractivity (Wildman–Crippen MR) is 98.2 cm³/mol. The number of fused-ring (bicyclic) bond motifs is 1. The summed E-state index contributed by atoms with van der Waals surface area (Å²) in [6, 6.07) is 4.83. The molecule has 3 rings (SSSR count). The van der Waals surface area contributed by atoms with E-state index in [0.717, 1.165) is 36.1 Å². The van der Waals surface area contributed by atoms with Gasteiger partial charge in [-0.05, 0) is 38.0 Å². The highest BCUT2D eigenvalue weighted by Crippen LogP contribution is 2.28.